The maximum Gasteiger partial charge on any atom is 0.339 e. The van der Waals surface area contributed by atoms with Crippen LogP contribution in [0.25, 0.3) is 22.2 Å². The third kappa shape index (κ3) is 6.02. The number of pyridine rings is 2. The first-order valence-electron chi connectivity index (χ1n) is 12.9. The predicted octanol–water partition coefficient (Wildman–Crippen LogP) is 3.72. The monoisotopic (exact) mass is 605 g/mol. The minimum Gasteiger partial charge on any atom is -0.460 e. The number of anilines is 2. The standard InChI is InChI=1S/C29H25ClFN7O5/c1-36(10-11-43-28(41)17-6-5-9-32-14-17)27(40)23-13-19(16-37(23)2)34-29-33-15-18-12-20(24-21(30)7-4-8-22(24)31)26(39)38(42-3)25(18)35-29/h4-9,12-16H,10-11H2,1-3H3,(H,33,34,35). The molecule has 220 valence electrons. The molecule has 14 heteroatoms. The van der Waals surface area contributed by atoms with Crippen LogP contribution in [0.5, 0.6) is 0 Å². The minimum atomic E-state index is -0.659. The third-order valence-electron chi connectivity index (χ3n) is 6.50. The summed E-state index contributed by atoms with van der Waals surface area (Å²) in [4.78, 5) is 57.7. The molecule has 0 fully saturated rings. The number of amides is 1. The molecular formula is C29H25ClFN7O5. The van der Waals surface area contributed by atoms with Crippen molar-refractivity contribution in [2.75, 3.05) is 32.6 Å². The second-order valence-electron chi connectivity index (χ2n) is 9.36. The summed E-state index contributed by atoms with van der Waals surface area (Å²) in [5, 5.41) is 3.49. The van der Waals surface area contributed by atoms with Crippen LogP contribution in [0.15, 0.2) is 72.0 Å². The van der Waals surface area contributed by atoms with Crippen molar-refractivity contribution in [1.82, 2.24) is 29.1 Å². The SMILES string of the molecule is COn1c(=O)c(-c2c(F)cccc2Cl)cc2cnc(Nc3cc(C(=O)N(C)CCOC(=O)c4cccnc4)n(C)c3)nc21. The number of aryl methyl sites for hydroxylation is 1. The zero-order valence-electron chi connectivity index (χ0n) is 23.2. The Hall–Kier alpha value is -5.30. The van der Waals surface area contributed by atoms with E-state index in [9.17, 15) is 18.8 Å². The third-order valence-corrected chi connectivity index (χ3v) is 6.82. The quantitative estimate of drug-likeness (QED) is 0.250. The molecule has 0 aliphatic carbocycles. The summed E-state index contributed by atoms with van der Waals surface area (Å²) in [6.07, 6.45) is 6.08. The van der Waals surface area contributed by atoms with Gasteiger partial charge in [-0.25, -0.2) is 14.2 Å². The van der Waals surface area contributed by atoms with E-state index < -0.39 is 17.3 Å². The van der Waals surface area contributed by atoms with E-state index in [2.05, 4.69) is 20.3 Å². The normalized spacial score (nSPS) is 10.9. The Morgan fingerprint density at radius 1 is 1.16 bits per heavy atom. The Bertz CT molecular complexity index is 1870. The minimum absolute atomic E-state index is 0.00244. The molecule has 0 atom stereocenters. The van der Waals surface area contributed by atoms with Crippen molar-refractivity contribution in [3.63, 3.8) is 0 Å². The number of hydrogen-bond donors (Lipinski definition) is 1. The Morgan fingerprint density at radius 2 is 1.98 bits per heavy atom. The molecule has 12 nitrogen and oxygen atoms in total. The number of rotatable bonds is 9. The number of ether oxygens (including phenoxy) is 1. The van der Waals surface area contributed by atoms with Crippen molar-refractivity contribution in [3.8, 4) is 11.1 Å². The van der Waals surface area contributed by atoms with E-state index in [1.807, 2.05) is 0 Å². The van der Waals surface area contributed by atoms with Crippen molar-refractivity contribution in [2.24, 2.45) is 7.05 Å². The first kappa shape index (κ1) is 29.2. The van der Waals surface area contributed by atoms with Crippen LogP contribution in [-0.2, 0) is 11.8 Å². The van der Waals surface area contributed by atoms with Crippen molar-refractivity contribution < 1.29 is 23.6 Å². The number of fused-ring (bicyclic) bond motifs is 1. The van der Waals surface area contributed by atoms with Crippen LogP contribution in [0.4, 0.5) is 16.0 Å². The van der Waals surface area contributed by atoms with Crippen LogP contribution in [0.3, 0.4) is 0 Å². The Morgan fingerprint density at radius 3 is 2.70 bits per heavy atom. The van der Waals surface area contributed by atoms with Gasteiger partial charge in [-0.2, -0.15) is 4.98 Å². The molecule has 4 heterocycles. The number of aromatic nitrogens is 5. The molecule has 1 aromatic carbocycles. The molecule has 0 saturated heterocycles. The number of carbonyl (C=O) groups is 2. The molecule has 0 saturated carbocycles. The highest BCUT2D eigenvalue weighted by atomic mass is 35.5. The molecule has 5 aromatic rings. The van der Waals surface area contributed by atoms with Crippen molar-refractivity contribution in [2.45, 2.75) is 0 Å². The van der Waals surface area contributed by atoms with E-state index in [1.165, 1.54) is 48.7 Å². The molecule has 1 N–H and O–H groups in total. The number of benzene rings is 1. The van der Waals surface area contributed by atoms with Gasteiger partial charge in [-0.1, -0.05) is 17.7 Å². The second kappa shape index (κ2) is 12.3. The molecule has 4 aromatic heterocycles. The van der Waals surface area contributed by atoms with Gasteiger partial charge in [0.1, 0.15) is 25.2 Å². The number of hydrogen-bond acceptors (Lipinski definition) is 9. The zero-order chi connectivity index (χ0) is 30.7. The first-order chi connectivity index (χ1) is 20.7. The van der Waals surface area contributed by atoms with Crippen LogP contribution in [0.2, 0.25) is 5.02 Å². The summed E-state index contributed by atoms with van der Waals surface area (Å²) in [6, 6.07) is 10.4. The second-order valence-corrected chi connectivity index (χ2v) is 9.77. The van der Waals surface area contributed by atoms with Crippen LogP contribution in [-0.4, -0.2) is 68.3 Å². The zero-order valence-corrected chi connectivity index (χ0v) is 24.0. The summed E-state index contributed by atoms with van der Waals surface area (Å²) < 4.78 is 22.4. The van der Waals surface area contributed by atoms with Gasteiger partial charge >= 0.3 is 5.97 Å². The van der Waals surface area contributed by atoms with Crippen molar-refractivity contribution in [3.05, 3.63) is 99.7 Å². The van der Waals surface area contributed by atoms with Crippen LogP contribution >= 0.6 is 11.6 Å². The van der Waals surface area contributed by atoms with Gasteiger partial charge in [0.05, 0.1) is 28.4 Å². The fourth-order valence-corrected chi connectivity index (χ4v) is 4.61. The van der Waals surface area contributed by atoms with Gasteiger partial charge in [-0.05, 0) is 36.4 Å². The molecule has 0 unspecified atom stereocenters. The number of carbonyl (C=O) groups excluding carboxylic acids is 2. The molecule has 0 spiro atoms. The first-order valence-corrected chi connectivity index (χ1v) is 13.2. The van der Waals surface area contributed by atoms with Gasteiger partial charge in [0, 0.05) is 49.8 Å². The number of esters is 1. The highest BCUT2D eigenvalue weighted by Crippen LogP contribution is 2.30. The summed E-state index contributed by atoms with van der Waals surface area (Å²) in [5.41, 5.74) is 0.587. The van der Waals surface area contributed by atoms with Crippen molar-refractivity contribution >= 4 is 46.1 Å². The molecule has 0 aliphatic rings. The average molecular weight is 606 g/mol. The Labute approximate surface area is 249 Å². The van der Waals surface area contributed by atoms with Crippen LogP contribution in [0.1, 0.15) is 20.8 Å². The van der Waals surface area contributed by atoms with Gasteiger partial charge in [0.2, 0.25) is 5.95 Å². The van der Waals surface area contributed by atoms with Gasteiger partial charge < -0.3 is 24.4 Å². The lowest BCUT2D eigenvalue weighted by atomic mass is 10.1. The lowest BCUT2D eigenvalue weighted by Crippen LogP contribution is -2.31. The summed E-state index contributed by atoms with van der Waals surface area (Å²) in [6.45, 7) is 0.170. The van der Waals surface area contributed by atoms with Crippen molar-refractivity contribution in [1.29, 1.82) is 0 Å². The summed E-state index contributed by atoms with van der Waals surface area (Å²) in [7, 11) is 4.58. The van der Waals surface area contributed by atoms with E-state index in [0.29, 0.717) is 22.3 Å². The molecule has 0 bridgehead atoms. The Kier molecular flexibility index (Phi) is 8.34. The highest BCUT2D eigenvalue weighted by molar-refractivity contribution is 6.33. The van der Waals surface area contributed by atoms with Gasteiger partial charge in [0.25, 0.3) is 11.5 Å². The number of nitrogens with one attached hydrogen (secondary N) is 1. The molecule has 43 heavy (non-hydrogen) atoms. The maximum absolute atomic E-state index is 14.6. The topological polar surface area (TPSA) is 133 Å². The lowest BCUT2D eigenvalue weighted by Gasteiger charge is -2.17. The molecule has 1 amide bonds. The summed E-state index contributed by atoms with van der Waals surface area (Å²) >= 11 is 6.19. The average Bonchev–Trinajstić information content (AvgIpc) is 3.36. The van der Waals surface area contributed by atoms with E-state index in [4.69, 9.17) is 21.2 Å². The molecular weight excluding hydrogens is 581 g/mol. The van der Waals surface area contributed by atoms with E-state index in [1.54, 1.807) is 49.3 Å². The predicted molar refractivity (Wildman–Crippen MR) is 157 cm³/mol. The van der Waals surface area contributed by atoms with Crippen LogP contribution in [0, 0.1) is 5.82 Å². The highest BCUT2D eigenvalue weighted by Gasteiger charge is 2.20. The molecule has 0 radical (unpaired) electrons. The Balaban J connectivity index is 1.32. The molecule has 5 rings (SSSR count). The smallest absolute Gasteiger partial charge is 0.339 e. The number of likely N-dealkylation sites (N-methyl/N-ethyl adjacent to an activating group) is 1. The number of halogens is 2. The summed E-state index contributed by atoms with van der Waals surface area (Å²) in [5.74, 6) is -1.37. The van der Waals surface area contributed by atoms with E-state index in [0.717, 1.165) is 4.73 Å². The maximum atomic E-state index is 14.6. The van der Waals surface area contributed by atoms with Gasteiger partial charge in [-0.3, -0.25) is 14.6 Å². The van der Waals surface area contributed by atoms with Gasteiger partial charge in [0.15, 0.2) is 5.65 Å². The largest absolute Gasteiger partial charge is 0.460 e. The fourth-order valence-electron chi connectivity index (χ4n) is 4.35. The van der Waals surface area contributed by atoms with E-state index in [-0.39, 0.29) is 46.8 Å². The molecule has 0 aliphatic heterocycles. The lowest BCUT2D eigenvalue weighted by molar-refractivity contribution is 0.0450. The fraction of sp³-hybridized carbons (Fsp3) is 0.172. The van der Waals surface area contributed by atoms with Crippen LogP contribution < -0.4 is 15.7 Å². The van der Waals surface area contributed by atoms with Gasteiger partial charge in [-0.15, -0.1) is 4.73 Å². The number of nitrogens with zero attached hydrogens (tertiary/aromatic N) is 6. The van der Waals surface area contributed by atoms with E-state index >= 15 is 0 Å².